The summed E-state index contributed by atoms with van der Waals surface area (Å²) < 4.78 is 10.7. The van der Waals surface area contributed by atoms with Crippen molar-refractivity contribution in [1.82, 2.24) is 10.2 Å². The van der Waals surface area contributed by atoms with Crippen molar-refractivity contribution in [1.29, 1.82) is 0 Å². The molecule has 0 saturated carbocycles. The number of hydrogen-bond acceptors (Lipinski definition) is 3. The van der Waals surface area contributed by atoms with Crippen LogP contribution in [-0.4, -0.2) is 57.0 Å². The fourth-order valence-electron chi connectivity index (χ4n) is 2.67. The van der Waals surface area contributed by atoms with Crippen LogP contribution in [0.2, 0.25) is 0 Å². The zero-order valence-electron chi connectivity index (χ0n) is 12.4. The second kappa shape index (κ2) is 8.27. The molecule has 0 spiro atoms. The fraction of sp³-hybridized carbons (Fsp3) is 0.800. The zero-order valence-corrected chi connectivity index (χ0v) is 12.4. The van der Waals surface area contributed by atoms with Crippen molar-refractivity contribution in [3.63, 3.8) is 0 Å². The van der Waals surface area contributed by atoms with Gasteiger partial charge in [-0.2, -0.15) is 0 Å². The first-order chi connectivity index (χ1) is 9.79. The van der Waals surface area contributed by atoms with Crippen LogP contribution in [-0.2, 0) is 9.47 Å². The molecule has 114 valence electrons. The molecule has 1 unspecified atom stereocenters. The van der Waals surface area contributed by atoms with Crippen LogP contribution in [0.5, 0.6) is 0 Å². The van der Waals surface area contributed by atoms with Crippen LogP contribution < -0.4 is 5.32 Å². The van der Waals surface area contributed by atoms with Crippen LogP contribution in [0.1, 0.15) is 26.2 Å². The van der Waals surface area contributed by atoms with E-state index in [1.165, 1.54) is 5.57 Å². The van der Waals surface area contributed by atoms with Gasteiger partial charge in [0.15, 0.2) is 0 Å². The van der Waals surface area contributed by atoms with E-state index >= 15 is 0 Å². The lowest BCUT2D eigenvalue weighted by Crippen LogP contribution is -2.39. The van der Waals surface area contributed by atoms with Crippen molar-refractivity contribution in [2.75, 3.05) is 46.1 Å². The van der Waals surface area contributed by atoms with Gasteiger partial charge in [0.1, 0.15) is 0 Å². The molecule has 1 saturated heterocycles. The largest absolute Gasteiger partial charge is 0.381 e. The zero-order chi connectivity index (χ0) is 14.2. The standard InChI is InChI=1S/C15H26N2O3/c1-2-19-12-14-4-8-17(11-14)15(18)16-7-3-13-5-9-20-10-6-13/h5,14H,2-4,6-12H2,1H3,(H,16,18). The highest BCUT2D eigenvalue weighted by atomic mass is 16.5. The predicted octanol–water partition coefficient (Wildman–Crippen LogP) is 1.79. The maximum absolute atomic E-state index is 12.0. The Morgan fingerprint density at radius 3 is 3.25 bits per heavy atom. The highest BCUT2D eigenvalue weighted by molar-refractivity contribution is 5.74. The molecule has 2 aliphatic heterocycles. The lowest BCUT2D eigenvalue weighted by atomic mass is 10.1. The van der Waals surface area contributed by atoms with Crippen LogP contribution in [0.15, 0.2) is 11.6 Å². The van der Waals surface area contributed by atoms with Gasteiger partial charge in [-0.3, -0.25) is 0 Å². The molecule has 20 heavy (non-hydrogen) atoms. The van der Waals surface area contributed by atoms with Crippen molar-refractivity contribution >= 4 is 6.03 Å². The van der Waals surface area contributed by atoms with E-state index in [-0.39, 0.29) is 6.03 Å². The maximum atomic E-state index is 12.0. The minimum Gasteiger partial charge on any atom is -0.381 e. The summed E-state index contributed by atoms with van der Waals surface area (Å²) in [6.45, 7) is 7.44. The number of hydrogen-bond donors (Lipinski definition) is 1. The van der Waals surface area contributed by atoms with Crippen LogP contribution in [0.4, 0.5) is 4.79 Å². The Hall–Kier alpha value is -1.07. The van der Waals surface area contributed by atoms with Gasteiger partial charge in [-0.05, 0) is 26.2 Å². The Morgan fingerprint density at radius 1 is 1.60 bits per heavy atom. The monoisotopic (exact) mass is 282 g/mol. The van der Waals surface area contributed by atoms with E-state index < -0.39 is 0 Å². The van der Waals surface area contributed by atoms with E-state index in [1.807, 2.05) is 11.8 Å². The first-order valence-corrected chi connectivity index (χ1v) is 7.65. The summed E-state index contributed by atoms with van der Waals surface area (Å²) in [5.41, 5.74) is 1.40. The summed E-state index contributed by atoms with van der Waals surface area (Å²) in [5, 5.41) is 3.01. The highest BCUT2D eigenvalue weighted by Crippen LogP contribution is 2.16. The van der Waals surface area contributed by atoms with Crippen molar-refractivity contribution in [2.45, 2.75) is 26.2 Å². The lowest BCUT2D eigenvalue weighted by Gasteiger charge is -2.18. The molecule has 5 nitrogen and oxygen atoms in total. The minimum atomic E-state index is 0.0663. The average Bonchev–Trinajstić information content (AvgIpc) is 2.95. The van der Waals surface area contributed by atoms with E-state index in [0.29, 0.717) is 12.5 Å². The topological polar surface area (TPSA) is 50.8 Å². The molecule has 0 bridgehead atoms. The summed E-state index contributed by atoms with van der Waals surface area (Å²) in [4.78, 5) is 13.9. The van der Waals surface area contributed by atoms with Gasteiger partial charge in [-0.25, -0.2) is 4.79 Å². The van der Waals surface area contributed by atoms with E-state index in [9.17, 15) is 4.79 Å². The second-order valence-electron chi connectivity index (χ2n) is 5.43. The van der Waals surface area contributed by atoms with Crippen LogP contribution >= 0.6 is 0 Å². The van der Waals surface area contributed by atoms with Gasteiger partial charge in [-0.1, -0.05) is 11.6 Å². The number of carbonyl (C=O) groups is 1. The van der Waals surface area contributed by atoms with E-state index in [2.05, 4.69) is 11.4 Å². The first-order valence-electron chi connectivity index (χ1n) is 7.65. The molecule has 2 aliphatic rings. The van der Waals surface area contributed by atoms with Crippen LogP contribution in [0.25, 0.3) is 0 Å². The molecule has 5 heteroatoms. The Bertz CT molecular complexity index is 344. The molecule has 1 atom stereocenters. The van der Waals surface area contributed by atoms with Crippen LogP contribution in [0, 0.1) is 5.92 Å². The SMILES string of the molecule is CCOCC1CCN(C(=O)NCCC2=CCOCC2)C1. The molecule has 1 N–H and O–H groups in total. The summed E-state index contributed by atoms with van der Waals surface area (Å²) in [5.74, 6) is 0.499. The maximum Gasteiger partial charge on any atom is 0.317 e. The molecule has 0 aromatic carbocycles. The molecular weight excluding hydrogens is 256 g/mol. The van der Waals surface area contributed by atoms with Gasteiger partial charge in [0.2, 0.25) is 0 Å². The number of likely N-dealkylation sites (tertiary alicyclic amines) is 1. The lowest BCUT2D eigenvalue weighted by molar-refractivity contribution is 0.113. The Morgan fingerprint density at radius 2 is 2.50 bits per heavy atom. The van der Waals surface area contributed by atoms with Gasteiger partial charge >= 0.3 is 6.03 Å². The molecule has 1 fully saturated rings. The normalized spacial score (nSPS) is 22.8. The van der Waals surface area contributed by atoms with Crippen LogP contribution in [0.3, 0.4) is 0 Å². The number of nitrogens with one attached hydrogen (secondary N) is 1. The van der Waals surface area contributed by atoms with E-state index in [4.69, 9.17) is 9.47 Å². The van der Waals surface area contributed by atoms with Crippen molar-refractivity contribution in [2.24, 2.45) is 5.92 Å². The minimum absolute atomic E-state index is 0.0663. The number of amides is 2. The third kappa shape index (κ3) is 4.80. The van der Waals surface area contributed by atoms with Gasteiger partial charge in [0.25, 0.3) is 0 Å². The number of carbonyl (C=O) groups excluding carboxylic acids is 1. The van der Waals surface area contributed by atoms with Gasteiger partial charge in [-0.15, -0.1) is 0 Å². The Kier molecular flexibility index (Phi) is 6.33. The molecule has 0 aromatic rings. The van der Waals surface area contributed by atoms with Crippen molar-refractivity contribution in [3.05, 3.63) is 11.6 Å². The molecule has 2 amide bonds. The third-order valence-corrected chi connectivity index (χ3v) is 3.91. The van der Waals surface area contributed by atoms with Crippen molar-refractivity contribution in [3.8, 4) is 0 Å². The fourth-order valence-corrected chi connectivity index (χ4v) is 2.67. The Balaban J connectivity index is 1.61. The van der Waals surface area contributed by atoms with Gasteiger partial charge in [0.05, 0.1) is 19.8 Å². The van der Waals surface area contributed by atoms with E-state index in [0.717, 1.165) is 58.7 Å². The predicted molar refractivity (Wildman–Crippen MR) is 77.7 cm³/mol. The van der Waals surface area contributed by atoms with Gasteiger partial charge < -0.3 is 19.7 Å². The Labute approximate surface area is 121 Å². The molecule has 2 heterocycles. The molecule has 0 aromatic heterocycles. The smallest absolute Gasteiger partial charge is 0.317 e. The summed E-state index contributed by atoms with van der Waals surface area (Å²) >= 11 is 0. The first kappa shape index (κ1) is 15.3. The molecule has 0 radical (unpaired) electrons. The highest BCUT2D eigenvalue weighted by Gasteiger charge is 2.25. The third-order valence-electron chi connectivity index (χ3n) is 3.91. The molecule has 0 aliphatic carbocycles. The number of nitrogens with zero attached hydrogens (tertiary/aromatic N) is 1. The molecular formula is C15H26N2O3. The number of ether oxygens (including phenoxy) is 2. The van der Waals surface area contributed by atoms with Crippen molar-refractivity contribution < 1.29 is 14.3 Å². The summed E-state index contributed by atoms with van der Waals surface area (Å²) in [6.07, 6.45) is 5.11. The number of urea groups is 1. The summed E-state index contributed by atoms with van der Waals surface area (Å²) in [6, 6.07) is 0.0663. The second-order valence-corrected chi connectivity index (χ2v) is 5.43. The average molecular weight is 282 g/mol. The number of rotatable bonds is 6. The molecule has 2 rings (SSSR count). The summed E-state index contributed by atoms with van der Waals surface area (Å²) in [7, 11) is 0. The van der Waals surface area contributed by atoms with E-state index in [1.54, 1.807) is 0 Å². The van der Waals surface area contributed by atoms with Gasteiger partial charge in [0, 0.05) is 32.2 Å². The quantitative estimate of drug-likeness (QED) is 0.756.